The predicted molar refractivity (Wildman–Crippen MR) is 80.1 cm³/mol. The number of aromatic nitrogens is 1. The van der Waals surface area contributed by atoms with Crippen LogP contribution in [-0.2, 0) is 10.0 Å². The number of hydrogen-bond donors (Lipinski definition) is 2. The highest BCUT2D eigenvalue weighted by Gasteiger charge is 2.21. The van der Waals surface area contributed by atoms with Crippen LogP contribution < -0.4 is 10.5 Å². The topological polar surface area (TPSA) is 85.1 Å². The van der Waals surface area contributed by atoms with E-state index < -0.39 is 10.0 Å². The third-order valence-corrected chi connectivity index (χ3v) is 5.93. The highest BCUT2D eigenvalue weighted by molar-refractivity contribution is 7.91. The van der Waals surface area contributed by atoms with E-state index >= 15 is 0 Å². The van der Waals surface area contributed by atoms with E-state index in [1.165, 1.54) is 11.3 Å². The minimum Gasteiger partial charge on any atom is -0.323 e. The monoisotopic (exact) mass is 311 g/mol. The minimum atomic E-state index is -3.55. The van der Waals surface area contributed by atoms with Crippen molar-refractivity contribution in [2.24, 2.45) is 5.73 Å². The summed E-state index contributed by atoms with van der Waals surface area (Å²) in [6.45, 7) is 3.63. The third-order valence-electron chi connectivity index (χ3n) is 2.83. The molecule has 0 saturated heterocycles. The van der Waals surface area contributed by atoms with Crippen LogP contribution in [0.2, 0.25) is 0 Å². The maximum absolute atomic E-state index is 12.2. The molecule has 20 heavy (non-hydrogen) atoms. The fraction of sp³-hybridized carbons (Fsp3) is 0.308. The molecule has 2 aromatic rings. The lowest BCUT2D eigenvalue weighted by Gasteiger charge is -2.13. The first kappa shape index (κ1) is 15.1. The van der Waals surface area contributed by atoms with E-state index in [1.807, 2.05) is 30.3 Å². The average Bonchev–Trinajstić information content (AvgIpc) is 2.77. The molecule has 0 aliphatic carbocycles. The molecule has 5 nitrogen and oxygen atoms in total. The van der Waals surface area contributed by atoms with Gasteiger partial charge in [0.1, 0.15) is 0 Å². The highest BCUT2D eigenvalue weighted by Crippen LogP contribution is 2.22. The molecule has 0 saturated carbocycles. The maximum atomic E-state index is 12.2. The highest BCUT2D eigenvalue weighted by atomic mass is 32.2. The van der Waals surface area contributed by atoms with Crippen molar-refractivity contribution in [1.82, 2.24) is 9.71 Å². The Hall–Kier alpha value is -1.28. The Morgan fingerprint density at radius 3 is 2.50 bits per heavy atom. The largest absolute Gasteiger partial charge is 0.323 e. The van der Waals surface area contributed by atoms with Gasteiger partial charge in [0.15, 0.2) is 4.21 Å². The molecule has 0 aliphatic rings. The Kier molecular flexibility index (Phi) is 4.54. The molecule has 1 atom stereocenters. The molecule has 0 bridgehead atoms. The number of hydrogen-bond acceptors (Lipinski definition) is 5. The van der Waals surface area contributed by atoms with Gasteiger partial charge in [-0.1, -0.05) is 30.3 Å². The van der Waals surface area contributed by atoms with E-state index in [1.54, 1.807) is 13.8 Å². The van der Waals surface area contributed by atoms with Gasteiger partial charge in [-0.3, -0.25) is 0 Å². The van der Waals surface area contributed by atoms with Gasteiger partial charge in [-0.25, -0.2) is 18.1 Å². The Morgan fingerprint density at radius 1 is 1.30 bits per heavy atom. The Balaban J connectivity index is 2.08. The molecule has 0 amide bonds. The van der Waals surface area contributed by atoms with Gasteiger partial charge in [-0.2, -0.15) is 0 Å². The molecule has 0 fully saturated rings. The molecule has 1 aromatic heterocycles. The molecule has 0 radical (unpaired) electrons. The van der Waals surface area contributed by atoms with Crippen molar-refractivity contribution in [1.29, 1.82) is 0 Å². The van der Waals surface area contributed by atoms with E-state index in [4.69, 9.17) is 5.73 Å². The normalized spacial score (nSPS) is 13.3. The predicted octanol–water partition coefficient (Wildman–Crippen LogP) is 1.74. The third kappa shape index (κ3) is 3.43. The van der Waals surface area contributed by atoms with Crippen molar-refractivity contribution in [3.63, 3.8) is 0 Å². The van der Waals surface area contributed by atoms with Crippen LogP contribution >= 0.6 is 11.3 Å². The summed E-state index contributed by atoms with van der Waals surface area (Å²) in [6.07, 6.45) is 0. The molecule has 1 aromatic carbocycles. The number of nitrogens with zero attached hydrogens (tertiary/aromatic N) is 1. The molecule has 2 rings (SSSR count). The fourth-order valence-corrected chi connectivity index (χ4v) is 4.43. The lowest BCUT2D eigenvalue weighted by molar-refractivity contribution is 0.573. The van der Waals surface area contributed by atoms with Gasteiger partial charge in [-0.05, 0) is 19.4 Å². The first-order valence-electron chi connectivity index (χ1n) is 6.14. The molecule has 7 heteroatoms. The van der Waals surface area contributed by atoms with Gasteiger partial charge < -0.3 is 5.73 Å². The zero-order valence-corrected chi connectivity index (χ0v) is 13.0. The summed E-state index contributed by atoms with van der Waals surface area (Å²) in [5, 5.41) is 0.732. The zero-order chi connectivity index (χ0) is 14.8. The number of sulfonamides is 1. The van der Waals surface area contributed by atoms with E-state index in [9.17, 15) is 8.42 Å². The van der Waals surface area contributed by atoms with Gasteiger partial charge in [0.2, 0.25) is 0 Å². The molecule has 108 valence electrons. The van der Waals surface area contributed by atoms with Crippen LogP contribution in [0.4, 0.5) is 0 Å². The SMILES string of the molecule is Cc1nc(C)c(S(=O)(=O)NCC(N)c2ccccc2)s1. The number of benzene rings is 1. The summed E-state index contributed by atoms with van der Waals surface area (Å²) >= 11 is 1.17. The number of aryl methyl sites for hydroxylation is 2. The van der Waals surface area contributed by atoms with Crippen LogP contribution in [0.25, 0.3) is 0 Å². The molecule has 1 unspecified atom stereocenters. The van der Waals surface area contributed by atoms with E-state index in [0.717, 1.165) is 10.6 Å². The zero-order valence-electron chi connectivity index (χ0n) is 11.3. The summed E-state index contributed by atoms with van der Waals surface area (Å²) in [7, 11) is -3.55. The van der Waals surface area contributed by atoms with Crippen molar-refractivity contribution in [3.8, 4) is 0 Å². The van der Waals surface area contributed by atoms with Gasteiger partial charge >= 0.3 is 0 Å². The lowest BCUT2D eigenvalue weighted by atomic mass is 10.1. The van der Waals surface area contributed by atoms with Crippen molar-refractivity contribution in [2.75, 3.05) is 6.54 Å². The summed E-state index contributed by atoms with van der Waals surface area (Å²) in [4.78, 5) is 4.13. The fourth-order valence-electron chi connectivity index (χ4n) is 1.85. The number of nitrogens with two attached hydrogens (primary N) is 1. The molecule has 0 aliphatic heterocycles. The average molecular weight is 311 g/mol. The molecule has 3 N–H and O–H groups in total. The van der Waals surface area contributed by atoms with Gasteiger partial charge in [0.05, 0.1) is 10.7 Å². The standard InChI is InChI=1S/C13H17N3O2S2/c1-9-13(19-10(2)16-9)20(17,18)15-8-12(14)11-6-4-3-5-7-11/h3-7,12,15H,8,14H2,1-2H3. The first-order chi connectivity index (χ1) is 9.40. The van der Waals surface area contributed by atoms with Crippen LogP contribution in [0.15, 0.2) is 34.5 Å². The Bertz CT molecular complexity index is 681. The number of rotatable bonds is 5. The number of thiazole rings is 1. The lowest BCUT2D eigenvalue weighted by Crippen LogP contribution is -2.31. The Morgan fingerprint density at radius 2 is 1.95 bits per heavy atom. The van der Waals surface area contributed by atoms with Crippen molar-refractivity contribution in [2.45, 2.75) is 24.1 Å². The van der Waals surface area contributed by atoms with Gasteiger partial charge in [-0.15, -0.1) is 11.3 Å². The van der Waals surface area contributed by atoms with E-state index in [-0.39, 0.29) is 16.8 Å². The summed E-state index contributed by atoms with van der Waals surface area (Å²) in [6, 6.07) is 9.02. The van der Waals surface area contributed by atoms with E-state index in [0.29, 0.717) is 5.69 Å². The molecular weight excluding hydrogens is 294 g/mol. The van der Waals surface area contributed by atoms with Crippen LogP contribution in [0.5, 0.6) is 0 Å². The summed E-state index contributed by atoms with van der Waals surface area (Å²) < 4.78 is 27.2. The second-order valence-corrected chi connectivity index (χ2v) is 7.64. The smallest absolute Gasteiger partial charge is 0.252 e. The van der Waals surface area contributed by atoms with Crippen molar-refractivity contribution in [3.05, 3.63) is 46.6 Å². The minimum absolute atomic E-state index is 0.155. The van der Waals surface area contributed by atoms with Crippen molar-refractivity contribution < 1.29 is 8.42 Å². The van der Waals surface area contributed by atoms with Gasteiger partial charge in [0, 0.05) is 12.6 Å². The van der Waals surface area contributed by atoms with E-state index in [2.05, 4.69) is 9.71 Å². The maximum Gasteiger partial charge on any atom is 0.252 e. The first-order valence-corrected chi connectivity index (χ1v) is 8.44. The van der Waals surface area contributed by atoms with Crippen LogP contribution in [0.3, 0.4) is 0 Å². The summed E-state index contributed by atoms with van der Waals surface area (Å²) in [5.41, 5.74) is 7.40. The molecule has 1 heterocycles. The second kappa shape index (κ2) is 6.01. The van der Waals surface area contributed by atoms with Gasteiger partial charge in [0.25, 0.3) is 10.0 Å². The van der Waals surface area contributed by atoms with Crippen LogP contribution in [0, 0.1) is 13.8 Å². The second-order valence-electron chi connectivity index (χ2n) is 4.47. The molecule has 0 spiro atoms. The Labute approximate surface area is 122 Å². The quantitative estimate of drug-likeness (QED) is 0.881. The van der Waals surface area contributed by atoms with Crippen LogP contribution in [-0.4, -0.2) is 19.9 Å². The summed E-state index contributed by atoms with van der Waals surface area (Å²) in [5.74, 6) is 0. The molecular formula is C13H17N3O2S2. The van der Waals surface area contributed by atoms with Crippen LogP contribution in [0.1, 0.15) is 22.3 Å². The van der Waals surface area contributed by atoms with Crippen molar-refractivity contribution >= 4 is 21.4 Å². The number of nitrogens with one attached hydrogen (secondary N) is 1.